The van der Waals surface area contributed by atoms with Crippen molar-refractivity contribution in [2.45, 2.75) is 12.3 Å². The van der Waals surface area contributed by atoms with Crippen LogP contribution in [-0.2, 0) is 4.79 Å². The molecule has 0 heterocycles. The minimum Gasteiger partial charge on any atom is -0.484 e. The Balaban J connectivity index is 2.43. The largest absolute Gasteiger partial charge is 0.484 e. The van der Waals surface area contributed by atoms with E-state index in [1.165, 1.54) is 0 Å². The molecule has 1 atom stereocenters. The SMILES string of the molecule is CC(Cl)CN(C)C(=O)COc1cccc(Cl)c1. The summed E-state index contributed by atoms with van der Waals surface area (Å²) < 4.78 is 5.33. The van der Waals surface area contributed by atoms with Crippen LogP contribution in [0.1, 0.15) is 6.92 Å². The highest BCUT2D eigenvalue weighted by molar-refractivity contribution is 6.30. The van der Waals surface area contributed by atoms with E-state index in [1.54, 1.807) is 36.2 Å². The molecule has 0 bridgehead atoms. The minimum absolute atomic E-state index is 0.0134. The lowest BCUT2D eigenvalue weighted by molar-refractivity contribution is -0.132. The summed E-state index contributed by atoms with van der Waals surface area (Å²) in [7, 11) is 1.70. The molecule has 1 unspecified atom stereocenters. The summed E-state index contributed by atoms with van der Waals surface area (Å²) in [5, 5.41) is 0.507. The topological polar surface area (TPSA) is 29.5 Å². The molecular weight excluding hydrogens is 261 g/mol. The first-order valence-corrected chi connectivity index (χ1v) is 6.07. The minimum atomic E-state index is -0.113. The Kier molecular flexibility index (Phi) is 5.59. The summed E-state index contributed by atoms with van der Waals surface area (Å²) in [5.41, 5.74) is 0. The van der Waals surface area contributed by atoms with Gasteiger partial charge in [-0.2, -0.15) is 0 Å². The summed E-state index contributed by atoms with van der Waals surface area (Å²) >= 11 is 11.6. The van der Waals surface area contributed by atoms with Crippen molar-refractivity contribution in [2.24, 2.45) is 0 Å². The van der Waals surface area contributed by atoms with Gasteiger partial charge in [0, 0.05) is 24.0 Å². The molecule has 1 aromatic carbocycles. The van der Waals surface area contributed by atoms with Crippen molar-refractivity contribution in [3.8, 4) is 5.75 Å². The normalized spacial score (nSPS) is 12.0. The van der Waals surface area contributed by atoms with Crippen molar-refractivity contribution in [3.05, 3.63) is 29.3 Å². The molecular formula is C12H15Cl2NO2. The van der Waals surface area contributed by atoms with Gasteiger partial charge < -0.3 is 9.64 Å². The third-order valence-electron chi connectivity index (χ3n) is 2.11. The molecule has 94 valence electrons. The van der Waals surface area contributed by atoms with Gasteiger partial charge in [0.25, 0.3) is 5.91 Å². The zero-order valence-corrected chi connectivity index (χ0v) is 11.3. The van der Waals surface area contributed by atoms with Crippen LogP contribution in [0, 0.1) is 0 Å². The van der Waals surface area contributed by atoms with E-state index in [4.69, 9.17) is 27.9 Å². The summed E-state index contributed by atoms with van der Waals surface area (Å²) in [6.07, 6.45) is 0. The second-order valence-corrected chi connectivity index (χ2v) is 4.98. The molecule has 0 fully saturated rings. The highest BCUT2D eigenvalue weighted by atomic mass is 35.5. The van der Waals surface area contributed by atoms with Crippen LogP contribution in [0.4, 0.5) is 0 Å². The van der Waals surface area contributed by atoms with Crippen LogP contribution < -0.4 is 4.74 Å². The van der Waals surface area contributed by atoms with Crippen molar-refractivity contribution in [3.63, 3.8) is 0 Å². The molecule has 0 aromatic heterocycles. The number of alkyl halides is 1. The first-order chi connectivity index (χ1) is 7.99. The maximum absolute atomic E-state index is 11.6. The standard InChI is InChI=1S/C12H15Cl2NO2/c1-9(13)7-15(2)12(16)8-17-11-5-3-4-10(14)6-11/h3-6,9H,7-8H2,1-2H3. The van der Waals surface area contributed by atoms with Gasteiger partial charge in [0.1, 0.15) is 5.75 Å². The molecule has 0 aliphatic rings. The van der Waals surface area contributed by atoms with Crippen LogP contribution >= 0.6 is 23.2 Å². The molecule has 0 radical (unpaired) electrons. The van der Waals surface area contributed by atoms with E-state index in [2.05, 4.69) is 0 Å². The Bertz CT molecular complexity index is 383. The van der Waals surface area contributed by atoms with Gasteiger partial charge in [-0.1, -0.05) is 17.7 Å². The van der Waals surface area contributed by atoms with Crippen LogP contribution in [0.25, 0.3) is 0 Å². The average molecular weight is 276 g/mol. The first-order valence-electron chi connectivity index (χ1n) is 5.25. The molecule has 0 aliphatic carbocycles. The second-order valence-electron chi connectivity index (χ2n) is 3.80. The summed E-state index contributed by atoms with van der Waals surface area (Å²) in [6.45, 7) is 2.32. The zero-order chi connectivity index (χ0) is 12.8. The molecule has 1 rings (SSSR count). The quantitative estimate of drug-likeness (QED) is 0.774. The molecule has 17 heavy (non-hydrogen) atoms. The van der Waals surface area contributed by atoms with Gasteiger partial charge in [-0.05, 0) is 25.1 Å². The van der Waals surface area contributed by atoms with Crippen molar-refractivity contribution in [1.82, 2.24) is 4.90 Å². The maximum atomic E-state index is 11.6. The van der Waals surface area contributed by atoms with Gasteiger partial charge in [0.15, 0.2) is 6.61 Å². The van der Waals surface area contributed by atoms with Crippen molar-refractivity contribution in [2.75, 3.05) is 20.2 Å². The van der Waals surface area contributed by atoms with E-state index in [0.29, 0.717) is 17.3 Å². The average Bonchev–Trinajstić information content (AvgIpc) is 2.25. The van der Waals surface area contributed by atoms with Gasteiger partial charge in [-0.15, -0.1) is 11.6 Å². The molecule has 1 amide bonds. The van der Waals surface area contributed by atoms with Crippen LogP contribution in [-0.4, -0.2) is 36.4 Å². The first kappa shape index (κ1) is 14.1. The van der Waals surface area contributed by atoms with E-state index in [0.717, 1.165) is 0 Å². The van der Waals surface area contributed by atoms with Gasteiger partial charge in [-0.25, -0.2) is 0 Å². The molecule has 0 saturated heterocycles. The Morgan fingerprint density at radius 3 is 2.82 bits per heavy atom. The predicted molar refractivity (Wildman–Crippen MR) is 69.9 cm³/mol. The third-order valence-corrected chi connectivity index (χ3v) is 2.48. The summed E-state index contributed by atoms with van der Waals surface area (Å²) in [6, 6.07) is 6.94. The number of ether oxygens (including phenoxy) is 1. The third kappa shape index (κ3) is 5.29. The fourth-order valence-electron chi connectivity index (χ4n) is 1.29. The Morgan fingerprint density at radius 1 is 1.53 bits per heavy atom. The van der Waals surface area contributed by atoms with Crippen molar-refractivity contribution >= 4 is 29.1 Å². The number of benzene rings is 1. The lowest BCUT2D eigenvalue weighted by Gasteiger charge is -2.18. The number of hydrogen-bond acceptors (Lipinski definition) is 2. The lowest BCUT2D eigenvalue weighted by Crippen LogP contribution is -2.34. The number of hydrogen-bond donors (Lipinski definition) is 0. The highest BCUT2D eigenvalue weighted by Crippen LogP contribution is 2.16. The van der Waals surface area contributed by atoms with Crippen molar-refractivity contribution in [1.29, 1.82) is 0 Å². The van der Waals surface area contributed by atoms with Gasteiger partial charge in [0.2, 0.25) is 0 Å². The fourth-order valence-corrected chi connectivity index (χ4v) is 1.68. The van der Waals surface area contributed by atoms with Crippen LogP contribution in [0.2, 0.25) is 5.02 Å². The highest BCUT2D eigenvalue weighted by Gasteiger charge is 2.11. The van der Waals surface area contributed by atoms with Crippen LogP contribution in [0.5, 0.6) is 5.75 Å². The summed E-state index contributed by atoms with van der Waals surface area (Å²) in [4.78, 5) is 13.2. The molecule has 0 spiro atoms. The lowest BCUT2D eigenvalue weighted by atomic mass is 10.3. The molecule has 3 nitrogen and oxygen atoms in total. The molecule has 0 saturated carbocycles. The molecule has 5 heteroatoms. The van der Waals surface area contributed by atoms with Gasteiger partial charge >= 0.3 is 0 Å². The van der Waals surface area contributed by atoms with E-state index < -0.39 is 0 Å². The number of carbonyl (C=O) groups excluding carboxylic acids is 1. The molecule has 0 N–H and O–H groups in total. The number of carbonyl (C=O) groups is 1. The fraction of sp³-hybridized carbons (Fsp3) is 0.417. The van der Waals surface area contributed by atoms with E-state index in [1.807, 2.05) is 6.92 Å². The maximum Gasteiger partial charge on any atom is 0.260 e. The smallest absolute Gasteiger partial charge is 0.260 e. The number of halogens is 2. The van der Waals surface area contributed by atoms with Crippen LogP contribution in [0.3, 0.4) is 0 Å². The Hall–Kier alpha value is -0.930. The predicted octanol–water partition coefficient (Wildman–Crippen LogP) is 2.80. The van der Waals surface area contributed by atoms with Gasteiger partial charge in [0.05, 0.1) is 0 Å². The number of nitrogens with zero attached hydrogens (tertiary/aromatic N) is 1. The monoisotopic (exact) mass is 275 g/mol. The van der Waals surface area contributed by atoms with Gasteiger partial charge in [-0.3, -0.25) is 4.79 Å². The number of rotatable bonds is 5. The summed E-state index contributed by atoms with van der Waals surface area (Å²) in [5.74, 6) is 0.468. The van der Waals surface area contributed by atoms with Crippen LogP contribution in [0.15, 0.2) is 24.3 Å². The number of amides is 1. The van der Waals surface area contributed by atoms with E-state index >= 15 is 0 Å². The zero-order valence-electron chi connectivity index (χ0n) is 9.82. The second kappa shape index (κ2) is 6.72. The molecule has 0 aliphatic heterocycles. The van der Waals surface area contributed by atoms with Crippen molar-refractivity contribution < 1.29 is 9.53 Å². The van der Waals surface area contributed by atoms with E-state index in [-0.39, 0.29) is 17.9 Å². The Labute approximate surface area is 111 Å². The van der Waals surface area contributed by atoms with E-state index in [9.17, 15) is 4.79 Å². The Morgan fingerprint density at radius 2 is 2.24 bits per heavy atom. The number of likely N-dealkylation sites (N-methyl/N-ethyl adjacent to an activating group) is 1. The molecule has 1 aromatic rings.